The normalized spacial score (nSPS) is 16.4. The monoisotopic (exact) mass is 266 g/mol. The number of piperazine rings is 1. The highest BCUT2D eigenvalue weighted by molar-refractivity contribution is 5.92. The number of aromatic nitrogens is 2. The van der Waals surface area contributed by atoms with Crippen LogP contribution in [0.25, 0.3) is 0 Å². The Morgan fingerprint density at radius 1 is 1.32 bits per heavy atom. The molecule has 1 aromatic rings. The van der Waals surface area contributed by atoms with Crippen LogP contribution < -0.4 is 11.3 Å². The minimum atomic E-state index is -0.125. The summed E-state index contributed by atoms with van der Waals surface area (Å²) in [5.74, 6) is 5.48. The third kappa shape index (κ3) is 3.37. The number of nitrogens with one attached hydrogen (secondary N) is 1. The van der Waals surface area contributed by atoms with Gasteiger partial charge in [0, 0.05) is 32.7 Å². The number of amides is 1. The van der Waals surface area contributed by atoms with Gasteiger partial charge < -0.3 is 15.4 Å². The summed E-state index contributed by atoms with van der Waals surface area (Å²) in [6.45, 7) is 3.60. The Morgan fingerprint density at radius 2 is 2.05 bits per heavy atom. The van der Waals surface area contributed by atoms with Gasteiger partial charge in [-0.1, -0.05) is 0 Å². The molecule has 1 aliphatic rings. The van der Waals surface area contributed by atoms with Crippen molar-refractivity contribution < 1.29 is 9.90 Å². The van der Waals surface area contributed by atoms with E-state index in [0.717, 1.165) is 13.1 Å². The Bertz CT molecular complexity index is 416. The van der Waals surface area contributed by atoms with E-state index in [1.807, 2.05) is 0 Å². The zero-order valence-electron chi connectivity index (χ0n) is 10.6. The molecule has 4 N–H and O–H groups in total. The molecule has 0 bridgehead atoms. The Balaban J connectivity index is 1.93. The molecule has 0 aliphatic carbocycles. The van der Waals surface area contributed by atoms with Gasteiger partial charge >= 0.3 is 0 Å². The van der Waals surface area contributed by atoms with Crippen LogP contribution in [0.1, 0.15) is 10.5 Å². The summed E-state index contributed by atoms with van der Waals surface area (Å²) in [4.78, 5) is 24.0. The first-order valence-corrected chi connectivity index (χ1v) is 6.15. The van der Waals surface area contributed by atoms with Crippen LogP contribution in [0.2, 0.25) is 0 Å². The Morgan fingerprint density at radius 3 is 2.58 bits per heavy atom. The quantitative estimate of drug-likeness (QED) is 0.450. The topological polar surface area (TPSA) is 108 Å². The minimum Gasteiger partial charge on any atom is -0.395 e. The first-order chi connectivity index (χ1) is 9.24. The fourth-order valence-electron chi connectivity index (χ4n) is 1.99. The van der Waals surface area contributed by atoms with Crippen LogP contribution in [0.5, 0.6) is 0 Å². The van der Waals surface area contributed by atoms with Crippen LogP contribution in [0.3, 0.4) is 0 Å². The molecule has 0 unspecified atom stereocenters. The van der Waals surface area contributed by atoms with Crippen molar-refractivity contribution in [3.05, 3.63) is 18.1 Å². The van der Waals surface area contributed by atoms with Gasteiger partial charge in [-0.3, -0.25) is 9.69 Å². The number of hydrazine groups is 1. The molecule has 8 nitrogen and oxygen atoms in total. The number of hydrogen-bond donors (Lipinski definition) is 3. The summed E-state index contributed by atoms with van der Waals surface area (Å²) in [6.07, 6.45) is 2.84. The number of β-amino-alcohol motifs (C(OH)–C–C–N with tert-alkyl or cyclic N) is 1. The number of carbonyl (C=O) groups excluding carboxylic acids is 1. The van der Waals surface area contributed by atoms with Crippen molar-refractivity contribution in [2.24, 2.45) is 5.84 Å². The summed E-state index contributed by atoms with van der Waals surface area (Å²) in [5.41, 5.74) is 2.68. The maximum atomic E-state index is 12.2. The van der Waals surface area contributed by atoms with Gasteiger partial charge in [-0.05, 0) is 0 Å². The molecule has 2 rings (SSSR count). The summed E-state index contributed by atoms with van der Waals surface area (Å²) in [5, 5.41) is 8.86. The third-order valence-corrected chi connectivity index (χ3v) is 3.09. The Kier molecular flexibility index (Phi) is 4.61. The number of rotatable bonds is 4. The van der Waals surface area contributed by atoms with Crippen LogP contribution in [0.15, 0.2) is 12.4 Å². The maximum absolute atomic E-state index is 12.2. The average molecular weight is 266 g/mol. The summed E-state index contributed by atoms with van der Waals surface area (Å²) in [7, 11) is 0. The molecular weight excluding hydrogens is 248 g/mol. The maximum Gasteiger partial charge on any atom is 0.274 e. The van der Waals surface area contributed by atoms with Gasteiger partial charge in [0.05, 0.1) is 19.0 Å². The molecule has 1 aromatic heterocycles. The fraction of sp³-hybridized carbons (Fsp3) is 0.545. The number of anilines is 1. The van der Waals surface area contributed by atoms with Gasteiger partial charge in [0.25, 0.3) is 5.91 Å². The summed E-state index contributed by atoms with van der Waals surface area (Å²) < 4.78 is 0. The second-order valence-corrected chi connectivity index (χ2v) is 4.29. The molecule has 104 valence electrons. The standard InChI is InChI=1S/C11H18N6O2/c12-15-10-8-13-9(7-14-10)11(19)17-3-1-16(2-4-17)5-6-18/h7-8,18H,1-6,12H2,(H,14,15). The van der Waals surface area contributed by atoms with Gasteiger partial charge in [-0.2, -0.15) is 0 Å². The predicted molar refractivity (Wildman–Crippen MR) is 69.3 cm³/mol. The first kappa shape index (κ1) is 13.7. The van der Waals surface area contributed by atoms with Crippen LogP contribution in [0.4, 0.5) is 5.82 Å². The summed E-state index contributed by atoms with van der Waals surface area (Å²) in [6, 6.07) is 0. The molecule has 1 aliphatic heterocycles. The molecule has 0 spiro atoms. The van der Waals surface area contributed by atoms with Gasteiger partial charge in [0.2, 0.25) is 0 Å². The average Bonchev–Trinajstić information content (AvgIpc) is 2.48. The molecule has 8 heteroatoms. The number of nitrogens with two attached hydrogens (primary N) is 1. The largest absolute Gasteiger partial charge is 0.395 e. The van der Waals surface area contributed by atoms with E-state index in [4.69, 9.17) is 10.9 Å². The lowest BCUT2D eigenvalue weighted by Gasteiger charge is -2.34. The second kappa shape index (κ2) is 6.41. The van der Waals surface area contributed by atoms with Gasteiger partial charge in [0.1, 0.15) is 5.69 Å². The van der Waals surface area contributed by atoms with Crippen LogP contribution in [0, 0.1) is 0 Å². The summed E-state index contributed by atoms with van der Waals surface area (Å²) >= 11 is 0. The Labute approximate surface area is 111 Å². The van der Waals surface area contributed by atoms with Crippen LogP contribution >= 0.6 is 0 Å². The zero-order chi connectivity index (χ0) is 13.7. The first-order valence-electron chi connectivity index (χ1n) is 6.15. The molecule has 0 radical (unpaired) electrons. The molecule has 1 saturated heterocycles. The highest BCUT2D eigenvalue weighted by Gasteiger charge is 2.22. The zero-order valence-corrected chi connectivity index (χ0v) is 10.6. The van der Waals surface area contributed by atoms with E-state index in [2.05, 4.69) is 20.3 Å². The van der Waals surface area contributed by atoms with Gasteiger partial charge in [-0.25, -0.2) is 15.8 Å². The molecule has 19 heavy (non-hydrogen) atoms. The van der Waals surface area contributed by atoms with E-state index in [1.165, 1.54) is 12.4 Å². The smallest absolute Gasteiger partial charge is 0.274 e. The van der Waals surface area contributed by atoms with Crippen molar-refractivity contribution in [2.75, 3.05) is 44.8 Å². The predicted octanol–water partition coefficient (Wildman–Crippen LogP) is -1.49. The van der Waals surface area contributed by atoms with E-state index in [9.17, 15) is 4.79 Å². The van der Waals surface area contributed by atoms with E-state index in [-0.39, 0.29) is 12.5 Å². The van der Waals surface area contributed by atoms with Crippen LogP contribution in [-0.4, -0.2) is 70.1 Å². The number of carbonyl (C=O) groups is 1. The van der Waals surface area contributed by atoms with Crippen LogP contribution in [-0.2, 0) is 0 Å². The Hall–Kier alpha value is -1.77. The van der Waals surface area contributed by atoms with Crippen molar-refractivity contribution in [2.45, 2.75) is 0 Å². The lowest BCUT2D eigenvalue weighted by Crippen LogP contribution is -2.49. The fourth-order valence-corrected chi connectivity index (χ4v) is 1.99. The molecular formula is C11H18N6O2. The lowest BCUT2D eigenvalue weighted by atomic mass is 10.3. The molecule has 0 aromatic carbocycles. The van der Waals surface area contributed by atoms with Gasteiger partial charge in [-0.15, -0.1) is 0 Å². The van der Waals surface area contributed by atoms with Crippen molar-refractivity contribution in [3.63, 3.8) is 0 Å². The highest BCUT2D eigenvalue weighted by atomic mass is 16.3. The molecule has 0 atom stereocenters. The number of aliphatic hydroxyl groups excluding tert-OH is 1. The van der Waals surface area contributed by atoms with E-state index < -0.39 is 0 Å². The van der Waals surface area contributed by atoms with E-state index >= 15 is 0 Å². The molecule has 0 saturated carbocycles. The molecule has 1 amide bonds. The van der Waals surface area contributed by atoms with Crippen molar-refractivity contribution in [3.8, 4) is 0 Å². The minimum absolute atomic E-state index is 0.125. The number of hydrogen-bond acceptors (Lipinski definition) is 7. The van der Waals surface area contributed by atoms with E-state index in [1.54, 1.807) is 4.90 Å². The van der Waals surface area contributed by atoms with Crippen molar-refractivity contribution in [1.29, 1.82) is 0 Å². The number of aliphatic hydroxyl groups is 1. The second-order valence-electron chi connectivity index (χ2n) is 4.29. The number of nitrogen functional groups attached to an aromatic ring is 1. The van der Waals surface area contributed by atoms with Crippen molar-refractivity contribution >= 4 is 11.7 Å². The number of nitrogens with zero attached hydrogens (tertiary/aromatic N) is 4. The highest BCUT2D eigenvalue weighted by Crippen LogP contribution is 2.07. The molecule has 2 heterocycles. The van der Waals surface area contributed by atoms with Gasteiger partial charge in [0.15, 0.2) is 5.82 Å². The van der Waals surface area contributed by atoms with Crippen molar-refractivity contribution in [1.82, 2.24) is 19.8 Å². The molecule has 1 fully saturated rings. The van der Waals surface area contributed by atoms with E-state index in [0.29, 0.717) is 31.1 Å². The SMILES string of the molecule is NNc1cnc(C(=O)N2CCN(CCO)CC2)cn1. The lowest BCUT2D eigenvalue weighted by molar-refractivity contribution is 0.0609. The third-order valence-electron chi connectivity index (χ3n) is 3.09.